The molecular weight excluding hydrogens is 376 g/mol. The van der Waals surface area contributed by atoms with Crippen molar-refractivity contribution >= 4 is 15.7 Å². The van der Waals surface area contributed by atoms with E-state index in [9.17, 15) is 8.42 Å². The molecular formula is C20H30N4O3S. The van der Waals surface area contributed by atoms with Crippen molar-refractivity contribution in [2.75, 3.05) is 51.1 Å². The molecule has 154 valence electrons. The average molecular weight is 407 g/mol. The zero-order valence-electron chi connectivity index (χ0n) is 17.1. The molecule has 1 aromatic heterocycles. The Morgan fingerprint density at radius 1 is 1.14 bits per heavy atom. The smallest absolute Gasteiger partial charge is 0.214 e. The van der Waals surface area contributed by atoms with E-state index in [0.717, 1.165) is 24.5 Å². The molecule has 2 aromatic rings. The van der Waals surface area contributed by atoms with Gasteiger partial charge in [0.1, 0.15) is 5.82 Å². The first-order valence-electron chi connectivity index (χ1n) is 9.73. The first kappa shape index (κ1) is 20.8. The minimum absolute atomic E-state index is 0.0466. The number of anilines is 1. The number of nitrogens with zero attached hydrogens (tertiary/aromatic N) is 4. The van der Waals surface area contributed by atoms with E-state index in [-0.39, 0.29) is 17.7 Å². The zero-order chi connectivity index (χ0) is 20.3. The second kappa shape index (κ2) is 8.63. The van der Waals surface area contributed by atoms with E-state index in [1.54, 1.807) is 20.3 Å². The van der Waals surface area contributed by atoms with Gasteiger partial charge in [0, 0.05) is 56.7 Å². The molecule has 7 nitrogen and oxygen atoms in total. The summed E-state index contributed by atoms with van der Waals surface area (Å²) >= 11 is 0. The Balaban J connectivity index is 1.85. The minimum atomic E-state index is -3.29. The number of hydrogen-bond donors (Lipinski definition) is 0. The highest BCUT2D eigenvalue weighted by Crippen LogP contribution is 2.32. The van der Waals surface area contributed by atoms with Crippen LogP contribution in [0.1, 0.15) is 19.9 Å². The van der Waals surface area contributed by atoms with Gasteiger partial charge in [0.05, 0.1) is 25.0 Å². The van der Waals surface area contributed by atoms with Gasteiger partial charge in [-0.3, -0.25) is 0 Å². The molecule has 0 radical (unpaired) electrons. The van der Waals surface area contributed by atoms with Gasteiger partial charge in [-0.15, -0.1) is 0 Å². The fourth-order valence-electron chi connectivity index (χ4n) is 3.69. The molecule has 1 aromatic carbocycles. The lowest BCUT2D eigenvalue weighted by Gasteiger charge is -2.23. The van der Waals surface area contributed by atoms with Crippen molar-refractivity contribution < 1.29 is 13.2 Å². The van der Waals surface area contributed by atoms with Gasteiger partial charge in [-0.1, -0.05) is 0 Å². The number of benzene rings is 1. The Morgan fingerprint density at radius 2 is 1.82 bits per heavy atom. The van der Waals surface area contributed by atoms with Crippen LogP contribution in [0.4, 0.5) is 5.69 Å². The van der Waals surface area contributed by atoms with E-state index in [1.807, 2.05) is 6.20 Å². The number of ether oxygens (including phenoxy) is 1. The predicted octanol–water partition coefficient (Wildman–Crippen LogP) is 2.48. The van der Waals surface area contributed by atoms with Crippen LogP contribution in [0.3, 0.4) is 0 Å². The van der Waals surface area contributed by atoms with Crippen molar-refractivity contribution in [2.45, 2.75) is 19.9 Å². The van der Waals surface area contributed by atoms with Gasteiger partial charge in [0.2, 0.25) is 10.0 Å². The minimum Gasteiger partial charge on any atom is -0.379 e. The Kier molecular flexibility index (Phi) is 6.42. The largest absolute Gasteiger partial charge is 0.379 e. The van der Waals surface area contributed by atoms with Crippen molar-refractivity contribution in [2.24, 2.45) is 5.92 Å². The lowest BCUT2D eigenvalue weighted by molar-refractivity contribution is 0.182. The quantitative estimate of drug-likeness (QED) is 0.674. The topological polar surface area (TPSA) is 67.7 Å². The van der Waals surface area contributed by atoms with Crippen LogP contribution in [-0.2, 0) is 14.8 Å². The number of rotatable bonds is 8. The van der Waals surface area contributed by atoms with Crippen LogP contribution in [0, 0.1) is 5.92 Å². The highest BCUT2D eigenvalue weighted by molar-refractivity contribution is 7.89. The summed E-state index contributed by atoms with van der Waals surface area (Å²) in [6.07, 6.45) is 3.69. The molecule has 1 aliphatic heterocycles. The molecule has 1 fully saturated rings. The highest BCUT2D eigenvalue weighted by atomic mass is 32.2. The second-order valence-electron chi connectivity index (χ2n) is 7.30. The van der Waals surface area contributed by atoms with E-state index in [2.05, 4.69) is 52.6 Å². The number of hydrogen-bond acceptors (Lipinski definition) is 5. The molecule has 0 saturated carbocycles. The number of aromatic nitrogens is 2. The molecule has 3 rings (SSSR count). The highest BCUT2D eigenvalue weighted by Gasteiger charge is 2.35. The first-order chi connectivity index (χ1) is 13.4. The maximum absolute atomic E-state index is 12.4. The van der Waals surface area contributed by atoms with Crippen LogP contribution in [-0.4, -0.2) is 68.4 Å². The predicted molar refractivity (Wildman–Crippen MR) is 112 cm³/mol. The van der Waals surface area contributed by atoms with Crippen molar-refractivity contribution in [1.29, 1.82) is 0 Å². The Hall–Kier alpha value is -1.90. The second-order valence-corrected chi connectivity index (χ2v) is 9.53. The van der Waals surface area contributed by atoms with E-state index in [1.165, 1.54) is 9.99 Å². The molecule has 0 N–H and O–H groups in total. The summed E-state index contributed by atoms with van der Waals surface area (Å²) in [6, 6.07) is 8.33. The summed E-state index contributed by atoms with van der Waals surface area (Å²) in [5, 5.41) is 0. The maximum Gasteiger partial charge on any atom is 0.214 e. The molecule has 0 spiro atoms. The van der Waals surface area contributed by atoms with Crippen molar-refractivity contribution in [3.05, 3.63) is 36.7 Å². The molecule has 0 unspecified atom stereocenters. The average Bonchev–Trinajstić information content (AvgIpc) is 3.32. The lowest BCUT2D eigenvalue weighted by Crippen LogP contribution is -2.32. The third kappa shape index (κ3) is 4.24. The number of imidazole rings is 1. The molecule has 0 amide bonds. The molecule has 1 aliphatic rings. The molecule has 1 saturated heterocycles. The van der Waals surface area contributed by atoms with Gasteiger partial charge in [-0.2, -0.15) is 0 Å². The maximum atomic E-state index is 12.4. The summed E-state index contributed by atoms with van der Waals surface area (Å²) in [5.74, 6) is 0.813. The van der Waals surface area contributed by atoms with Crippen molar-refractivity contribution in [3.8, 4) is 11.4 Å². The van der Waals surface area contributed by atoms with Crippen molar-refractivity contribution in [3.63, 3.8) is 0 Å². The van der Waals surface area contributed by atoms with Crippen molar-refractivity contribution in [1.82, 2.24) is 13.9 Å². The normalized spacial score (nSPS) is 20.0. The van der Waals surface area contributed by atoms with Gasteiger partial charge < -0.3 is 14.2 Å². The van der Waals surface area contributed by atoms with Gasteiger partial charge in [0.15, 0.2) is 0 Å². The summed E-state index contributed by atoms with van der Waals surface area (Å²) in [6.45, 7) is 7.15. The van der Waals surface area contributed by atoms with Gasteiger partial charge in [0.25, 0.3) is 0 Å². The summed E-state index contributed by atoms with van der Waals surface area (Å²) in [7, 11) is -0.151. The lowest BCUT2D eigenvalue weighted by atomic mass is 10.1. The molecule has 8 heteroatoms. The van der Waals surface area contributed by atoms with Crippen LogP contribution < -0.4 is 4.90 Å². The monoisotopic (exact) mass is 406 g/mol. The first-order valence-corrected chi connectivity index (χ1v) is 11.3. The Bertz CT molecular complexity index is 873. The van der Waals surface area contributed by atoms with E-state index < -0.39 is 10.0 Å². The standard InChI is InChI=1S/C20H30N4O3S/c1-5-23(6-2)18-9-7-16(8-10-18)20-21-11-12-24(20)19-14-27-13-17(19)15-28(25,26)22(3)4/h7-12,17,19H,5-6,13-15H2,1-4H3/t17-,19-/m1/s1. The zero-order valence-corrected chi connectivity index (χ0v) is 17.9. The van der Waals surface area contributed by atoms with Crippen LogP contribution >= 0.6 is 0 Å². The SMILES string of the molecule is CCN(CC)c1ccc(-c2nccn2[C@@H]2COC[C@@H]2CS(=O)(=O)N(C)C)cc1. The van der Waals surface area contributed by atoms with Crippen LogP contribution in [0.25, 0.3) is 11.4 Å². The molecule has 2 heterocycles. The molecule has 0 bridgehead atoms. The van der Waals surface area contributed by atoms with Gasteiger partial charge in [-0.25, -0.2) is 17.7 Å². The van der Waals surface area contributed by atoms with Gasteiger partial charge >= 0.3 is 0 Å². The van der Waals surface area contributed by atoms with Crippen LogP contribution in [0.2, 0.25) is 0 Å². The summed E-state index contributed by atoms with van der Waals surface area (Å²) < 4.78 is 33.7. The summed E-state index contributed by atoms with van der Waals surface area (Å²) in [5.41, 5.74) is 2.20. The van der Waals surface area contributed by atoms with E-state index in [4.69, 9.17) is 4.74 Å². The Labute approximate surface area is 168 Å². The fraction of sp³-hybridized carbons (Fsp3) is 0.550. The molecule has 28 heavy (non-hydrogen) atoms. The Morgan fingerprint density at radius 3 is 2.43 bits per heavy atom. The molecule has 2 atom stereocenters. The fourth-order valence-corrected chi connectivity index (χ4v) is 4.85. The van der Waals surface area contributed by atoms with E-state index >= 15 is 0 Å². The van der Waals surface area contributed by atoms with E-state index in [0.29, 0.717) is 13.2 Å². The third-order valence-corrected chi connectivity index (χ3v) is 7.39. The van der Waals surface area contributed by atoms with Gasteiger partial charge in [-0.05, 0) is 38.1 Å². The molecule has 0 aliphatic carbocycles. The third-order valence-electron chi connectivity index (χ3n) is 5.43. The summed E-state index contributed by atoms with van der Waals surface area (Å²) in [4.78, 5) is 6.84. The number of sulfonamides is 1. The van der Waals surface area contributed by atoms with Crippen LogP contribution in [0.5, 0.6) is 0 Å². The van der Waals surface area contributed by atoms with Crippen LogP contribution in [0.15, 0.2) is 36.7 Å².